The lowest BCUT2D eigenvalue weighted by atomic mass is 10.2. The van der Waals surface area contributed by atoms with Crippen LogP contribution in [0.25, 0.3) is 11.3 Å². The lowest BCUT2D eigenvalue weighted by Crippen LogP contribution is -2.48. The largest absolute Gasteiger partial charge is 0.494 e. The first-order chi connectivity index (χ1) is 15.7. The Hall–Kier alpha value is -1.60. The summed E-state index contributed by atoms with van der Waals surface area (Å²) in [6.45, 7) is 3.54. The molecule has 4 rings (SSSR count). The van der Waals surface area contributed by atoms with E-state index in [2.05, 4.69) is 36.8 Å². The molecule has 2 aromatic carbocycles. The highest BCUT2D eigenvalue weighted by Crippen LogP contribution is 2.35. The van der Waals surface area contributed by atoms with Gasteiger partial charge >= 0.3 is 0 Å². The average Bonchev–Trinajstić information content (AvgIpc) is 3.29. The smallest absolute Gasteiger partial charge is 0.247 e. The average molecular weight is 623 g/mol. The van der Waals surface area contributed by atoms with E-state index in [1.807, 2.05) is 41.5 Å². The SMILES string of the molecule is CCOc1ccc(-c2csc(N3CCN(S(=O)(=O)c4c(F)c(Br)cc(F)c4Br)CC3)n2)cc1. The summed E-state index contributed by atoms with van der Waals surface area (Å²) in [4.78, 5) is 5.98. The highest BCUT2D eigenvalue weighted by molar-refractivity contribution is 9.11. The van der Waals surface area contributed by atoms with Gasteiger partial charge in [0, 0.05) is 37.1 Å². The van der Waals surface area contributed by atoms with Crippen LogP contribution in [0, 0.1) is 11.6 Å². The third-order valence-corrected chi connectivity index (χ3v) is 9.59. The first kappa shape index (κ1) is 24.5. The molecule has 0 aliphatic carbocycles. The highest BCUT2D eigenvalue weighted by Gasteiger charge is 2.35. The molecule has 1 aliphatic rings. The molecule has 0 radical (unpaired) electrons. The van der Waals surface area contributed by atoms with Crippen molar-refractivity contribution in [1.29, 1.82) is 0 Å². The monoisotopic (exact) mass is 621 g/mol. The summed E-state index contributed by atoms with van der Waals surface area (Å²) < 4.78 is 60.8. The Labute approximate surface area is 211 Å². The number of hydrogen-bond donors (Lipinski definition) is 0. The van der Waals surface area contributed by atoms with E-state index < -0.39 is 31.0 Å². The Morgan fingerprint density at radius 3 is 2.42 bits per heavy atom. The fraction of sp³-hybridized carbons (Fsp3) is 0.286. The molecule has 0 unspecified atom stereocenters. The maximum absolute atomic E-state index is 14.6. The molecule has 6 nitrogen and oxygen atoms in total. The van der Waals surface area contributed by atoms with Crippen molar-refractivity contribution in [3.05, 3.63) is 56.3 Å². The molecule has 0 N–H and O–H groups in total. The zero-order chi connectivity index (χ0) is 23.8. The first-order valence-electron chi connectivity index (χ1n) is 9.99. The van der Waals surface area contributed by atoms with Crippen molar-refractivity contribution in [1.82, 2.24) is 9.29 Å². The standard InChI is InChI=1S/C21H19Br2F2N3O3S2/c1-2-31-14-5-3-13(4-6-14)17-12-32-21(26-17)27-7-9-28(10-8-27)33(29,30)20-18(23)16(24)11-15(22)19(20)25/h3-6,11-12H,2,7-10H2,1H3. The van der Waals surface area contributed by atoms with E-state index in [1.54, 1.807) is 0 Å². The molecule has 1 aromatic heterocycles. The Morgan fingerprint density at radius 1 is 1.12 bits per heavy atom. The second kappa shape index (κ2) is 9.95. The quantitative estimate of drug-likeness (QED) is 0.339. The topological polar surface area (TPSA) is 62.7 Å². The van der Waals surface area contributed by atoms with Gasteiger partial charge in [-0.3, -0.25) is 0 Å². The number of sulfonamides is 1. The molecule has 0 spiro atoms. The number of anilines is 1. The van der Waals surface area contributed by atoms with Gasteiger partial charge in [0.15, 0.2) is 10.9 Å². The van der Waals surface area contributed by atoms with Gasteiger partial charge in [-0.05, 0) is 69.1 Å². The summed E-state index contributed by atoms with van der Waals surface area (Å²) in [5.74, 6) is -1.09. The third-order valence-electron chi connectivity index (χ3n) is 5.13. The maximum Gasteiger partial charge on any atom is 0.247 e. The van der Waals surface area contributed by atoms with Crippen LogP contribution in [-0.4, -0.2) is 50.5 Å². The molecule has 1 saturated heterocycles. The first-order valence-corrected chi connectivity index (χ1v) is 13.9. The van der Waals surface area contributed by atoms with Crippen LogP contribution in [0.15, 0.2) is 49.6 Å². The van der Waals surface area contributed by atoms with Gasteiger partial charge in [-0.2, -0.15) is 4.31 Å². The van der Waals surface area contributed by atoms with Gasteiger partial charge in [0.25, 0.3) is 0 Å². The Balaban J connectivity index is 1.48. The number of nitrogens with zero attached hydrogens (tertiary/aromatic N) is 3. The van der Waals surface area contributed by atoms with Crippen LogP contribution < -0.4 is 9.64 Å². The minimum absolute atomic E-state index is 0.125. The molecular weight excluding hydrogens is 604 g/mol. The molecule has 2 heterocycles. The van der Waals surface area contributed by atoms with Crippen molar-refractivity contribution in [3.8, 4) is 17.0 Å². The van der Waals surface area contributed by atoms with Crippen LogP contribution >= 0.6 is 43.2 Å². The number of benzene rings is 2. The van der Waals surface area contributed by atoms with Gasteiger partial charge in [0.05, 0.1) is 21.2 Å². The van der Waals surface area contributed by atoms with Crippen LogP contribution in [0.2, 0.25) is 0 Å². The number of hydrogen-bond acceptors (Lipinski definition) is 6. The van der Waals surface area contributed by atoms with E-state index in [0.29, 0.717) is 19.7 Å². The lowest BCUT2D eigenvalue weighted by Gasteiger charge is -2.34. The van der Waals surface area contributed by atoms with Crippen LogP contribution in [0.5, 0.6) is 5.75 Å². The van der Waals surface area contributed by atoms with E-state index in [0.717, 1.165) is 28.2 Å². The van der Waals surface area contributed by atoms with E-state index >= 15 is 0 Å². The molecule has 0 bridgehead atoms. The number of halogens is 4. The minimum atomic E-state index is -4.23. The maximum atomic E-state index is 14.6. The lowest BCUT2D eigenvalue weighted by molar-refractivity contribution is 0.340. The molecule has 1 fully saturated rings. The minimum Gasteiger partial charge on any atom is -0.494 e. The van der Waals surface area contributed by atoms with E-state index in [-0.39, 0.29) is 17.6 Å². The normalized spacial score (nSPS) is 15.1. The van der Waals surface area contributed by atoms with Crippen molar-refractivity contribution in [2.75, 3.05) is 37.7 Å². The molecule has 0 saturated carbocycles. The third kappa shape index (κ3) is 4.95. The Morgan fingerprint density at radius 2 is 1.79 bits per heavy atom. The molecular formula is C21H19Br2F2N3O3S2. The van der Waals surface area contributed by atoms with Gasteiger partial charge in [-0.25, -0.2) is 22.2 Å². The molecule has 3 aromatic rings. The summed E-state index contributed by atoms with van der Waals surface area (Å²) in [7, 11) is -4.23. The van der Waals surface area contributed by atoms with Crippen molar-refractivity contribution >= 4 is 58.4 Å². The van der Waals surface area contributed by atoms with Crippen LogP contribution in [0.3, 0.4) is 0 Å². The van der Waals surface area contributed by atoms with Crippen LogP contribution in [-0.2, 0) is 10.0 Å². The zero-order valence-electron chi connectivity index (χ0n) is 17.4. The van der Waals surface area contributed by atoms with Crippen molar-refractivity contribution in [2.24, 2.45) is 0 Å². The number of thiazole rings is 1. The second-order valence-electron chi connectivity index (χ2n) is 7.16. The molecule has 33 heavy (non-hydrogen) atoms. The molecule has 12 heteroatoms. The summed E-state index contributed by atoms with van der Waals surface area (Å²) in [6, 6.07) is 8.56. The summed E-state index contributed by atoms with van der Waals surface area (Å²) >= 11 is 7.24. The van der Waals surface area contributed by atoms with Gasteiger partial charge in [0.1, 0.15) is 16.5 Å². The Bertz CT molecular complexity index is 1240. The van der Waals surface area contributed by atoms with E-state index in [1.165, 1.54) is 15.6 Å². The summed E-state index contributed by atoms with van der Waals surface area (Å²) in [6.07, 6.45) is 0. The molecule has 176 valence electrons. The van der Waals surface area contributed by atoms with Crippen molar-refractivity contribution < 1.29 is 21.9 Å². The second-order valence-corrected chi connectivity index (χ2v) is 11.5. The van der Waals surface area contributed by atoms with Crippen molar-refractivity contribution in [3.63, 3.8) is 0 Å². The van der Waals surface area contributed by atoms with Gasteiger partial charge < -0.3 is 9.64 Å². The van der Waals surface area contributed by atoms with Gasteiger partial charge in [-0.15, -0.1) is 11.3 Å². The number of ether oxygens (including phenoxy) is 1. The van der Waals surface area contributed by atoms with Crippen molar-refractivity contribution in [2.45, 2.75) is 11.8 Å². The number of piperazine rings is 1. The van der Waals surface area contributed by atoms with Gasteiger partial charge in [0.2, 0.25) is 10.0 Å². The molecule has 1 aliphatic heterocycles. The predicted molar refractivity (Wildman–Crippen MR) is 131 cm³/mol. The Kier molecular flexibility index (Phi) is 7.39. The van der Waals surface area contributed by atoms with E-state index in [4.69, 9.17) is 4.74 Å². The zero-order valence-corrected chi connectivity index (χ0v) is 22.2. The highest BCUT2D eigenvalue weighted by atomic mass is 79.9. The summed E-state index contributed by atoms with van der Waals surface area (Å²) in [5.41, 5.74) is 1.78. The molecule has 0 atom stereocenters. The van der Waals surface area contributed by atoms with Gasteiger partial charge in [-0.1, -0.05) is 0 Å². The number of rotatable bonds is 6. The molecule has 0 amide bonds. The van der Waals surface area contributed by atoms with Crippen LogP contribution in [0.4, 0.5) is 13.9 Å². The van der Waals surface area contributed by atoms with Crippen LogP contribution in [0.1, 0.15) is 6.92 Å². The van der Waals surface area contributed by atoms with E-state index in [9.17, 15) is 17.2 Å². The summed E-state index contributed by atoms with van der Waals surface area (Å²) in [5, 5.41) is 2.72. The fourth-order valence-electron chi connectivity index (χ4n) is 3.46. The number of aromatic nitrogens is 1. The predicted octanol–water partition coefficient (Wildman–Crippen LogP) is 5.52. The fourth-order valence-corrected chi connectivity index (χ4v) is 7.34.